The first-order valence-corrected chi connectivity index (χ1v) is 11.6. The highest BCUT2D eigenvalue weighted by Gasteiger charge is 2.63. The van der Waals surface area contributed by atoms with Gasteiger partial charge in [-0.2, -0.15) is 0 Å². The van der Waals surface area contributed by atoms with Crippen LogP contribution in [0.1, 0.15) is 85.0 Å². The molecule has 3 fully saturated rings. The molecule has 1 spiro atoms. The van der Waals surface area contributed by atoms with Crippen LogP contribution in [0.3, 0.4) is 0 Å². The van der Waals surface area contributed by atoms with Gasteiger partial charge in [-0.05, 0) is 73.0 Å². The van der Waals surface area contributed by atoms with Crippen LogP contribution in [0, 0.1) is 33.5 Å². The van der Waals surface area contributed by atoms with Gasteiger partial charge in [0.25, 0.3) is 0 Å². The first-order valence-electron chi connectivity index (χ1n) is 11.6. The molecule has 0 amide bonds. The molecule has 0 aromatic rings. The molecule has 4 nitrogen and oxygen atoms in total. The minimum absolute atomic E-state index is 0.0403. The molecule has 2 bridgehead atoms. The molecular weight excluding hydrogens is 364 g/mol. The second kappa shape index (κ2) is 7.13. The van der Waals surface area contributed by atoms with Crippen LogP contribution in [0.4, 0.5) is 0 Å². The first kappa shape index (κ1) is 20.9. The molecule has 0 N–H and O–H groups in total. The highest BCUT2D eigenvalue weighted by atomic mass is 16.5. The van der Waals surface area contributed by atoms with Crippen molar-refractivity contribution in [3.8, 4) is 0 Å². The fourth-order valence-corrected chi connectivity index (χ4v) is 8.06. The zero-order valence-corrected chi connectivity index (χ0v) is 18.7. The van der Waals surface area contributed by atoms with Crippen molar-refractivity contribution >= 4 is 11.9 Å². The number of methoxy groups -OCH3 is 1. The molecule has 0 aromatic carbocycles. The molecule has 0 saturated heterocycles. The van der Waals surface area contributed by atoms with Crippen LogP contribution >= 0.6 is 0 Å². The van der Waals surface area contributed by atoms with Crippen molar-refractivity contribution in [2.24, 2.45) is 33.5 Å². The summed E-state index contributed by atoms with van der Waals surface area (Å²) in [6.07, 6.45) is 15.5. The van der Waals surface area contributed by atoms with Gasteiger partial charge in [-0.1, -0.05) is 39.3 Å². The summed E-state index contributed by atoms with van der Waals surface area (Å²) in [5.74, 6) is 0.731. The third-order valence-electron chi connectivity index (χ3n) is 9.37. The Labute approximate surface area is 175 Å². The van der Waals surface area contributed by atoms with E-state index in [9.17, 15) is 9.59 Å². The Hall–Kier alpha value is -1.32. The Kier molecular flexibility index (Phi) is 5.15. The van der Waals surface area contributed by atoms with Gasteiger partial charge in [0, 0.05) is 5.41 Å². The maximum absolute atomic E-state index is 12.2. The van der Waals surface area contributed by atoms with E-state index in [1.807, 2.05) is 0 Å². The number of allylic oxidation sites excluding steroid dienone is 2. The lowest BCUT2D eigenvalue weighted by Gasteiger charge is -2.64. The number of hydrogen-bond donors (Lipinski definition) is 0. The van der Waals surface area contributed by atoms with E-state index in [0.717, 1.165) is 12.3 Å². The number of carbonyl (C=O) groups excluding carboxylic acids is 2. The van der Waals surface area contributed by atoms with Crippen molar-refractivity contribution in [1.29, 1.82) is 0 Å². The van der Waals surface area contributed by atoms with E-state index in [-0.39, 0.29) is 30.2 Å². The van der Waals surface area contributed by atoms with E-state index in [1.54, 1.807) is 0 Å². The third-order valence-corrected chi connectivity index (χ3v) is 9.37. The van der Waals surface area contributed by atoms with E-state index in [1.165, 1.54) is 52.1 Å². The van der Waals surface area contributed by atoms with Crippen LogP contribution < -0.4 is 0 Å². The van der Waals surface area contributed by atoms with Crippen molar-refractivity contribution < 1.29 is 19.1 Å². The zero-order chi connectivity index (χ0) is 20.9. The van der Waals surface area contributed by atoms with Crippen molar-refractivity contribution in [3.63, 3.8) is 0 Å². The summed E-state index contributed by atoms with van der Waals surface area (Å²) in [5.41, 5.74) is 1.21. The summed E-state index contributed by atoms with van der Waals surface area (Å²) < 4.78 is 10.4. The minimum Gasteiger partial charge on any atom is -0.469 e. The van der Waals surface area contributed by atoms with E-state index in [0.29, 0.717) is 28.8 Å². The average Bonchev–Trinajstić information content (AvgIpc) is 2.93. The normalized spacial score (nSPS) is 45.2. The maximum Gasteiger partial charge on any atom is 0.306 e. The molecule has 0 unspecified atom stereocenters. The molecule has 4 aliphatic rings. The predicted molar refractivity (Wildman–Crippen MR) is 112 cm³/mol. The average molecular weight is 403 g/mol. The molecule has 4 rings (SSSR count). The Balaban J connectivity index is 1.47. The monoisotopic (exact) mass is 402 g/mol. The second-order valence-corrected chi connectivity index (χ2v) is 11.3. The number of rotatable bonds is 5. The lowest BCUT2D eigenvalue weighted by molar-refractivity contribution is -0.172. The highest BCUT2D eigenvalue weighted by molar-refractivity contribution is 5.77. The summed E-state index contributed by atoms with van der Waals surface area (Å²) in [5, 5.41) is 0. The number of ether oxygens (including phenoxy) is 2. The molecule has 4 heteroatoms. The molecule has 0 radical (unpaired) electrons. The van der Waals surface area contributed by atoms with Gasteiger partial charge in [0.15, 0.2) is 0 Å². The summed E-state index contributed by atoms with van der Waals surface area (Å²) >= 11 is 0. The molecule has 0 aromatic heterocycles. The van der Waals surface area contributed by atoms with Gasteiger partial charge in [-0.25, -0.2) is 0 Å². The number of hydrogen-bond acceptors (Lipinski definition) is 4. The number of carbonyl (C=O) groups is 2. The van der Waals surface area contributed by atoms with Gasteiger partial charge in [-0.3, -0.25) is 9.59 Å². The Morgan fingerprint density at radius 3 is 2.41 bits per heavy atom. The lowest BCUT2D eigenvalue weighted by Crippen LogP contribution is -2.58. The van der Waals surface area contributed by atoms with Crippen LogP contribution in [0.15, 0.2) is 12.2 Å². The molecule has 0 heterocycles. The lowest BCUT2D eigenvalue weighted by atomic mass is 9.40. The zero-order valence-electron chi connectivity index (χ0n) is 18.7. The smallest absolute Gasteiger partial charge is 0.306 e. The second-order valence-electron chi connectivity index (χ2n) is 11.3. The fraction of sp³-hybridized carbons (Fsp3) is 0.840. The van der Waals surface area contributed by atoms with Gasteiger partial charge >= 0.3 is 11.9 Å². The molecule has 6 atom stereocenters. The molecular formula is C25H38O4. The molecule has 3 saturated carbocycles. The summed E-state index contributed by atoms with van der Waals surface area (Å²) in [6.45, 7) is 7.83. The van der Waals surface area contributed by atoms with Crippen LogP contribution in [-0.4, -0.2) is 25.7 Å². The fourth-order valence-electron chi connectivity index (χ4n) is 8.06. The van der Waals surface area contributed by atoms with E-state index in [4.69, 9.17) is 4.74 Å². The van der Waals surface area contributed by atoms with Gasteiger partial charge in [0.1, 0.15) is 0 Å². The van der Waals surface area contributed by atoms with Crippen molar-refractivity contribution in [2.75, 3.05) is 13.7 Å². The van der Waals surface area contributed by atoms with Gasteiger partial charge in [0.2, 0.25) is 0 Å². The standard InChI is InChI=1S/C25H38O4/c1-22-12-8-19-24(3)11-5-10-23(2,17-29-21(27)7-6-20(26)28-4)18(24)9-13-25(19,16-22)15-14-22/h14-15,18-19H,5-13,16-17H2,1-4H3/t18-,19-,22+,23-,24+,25-/m0/s1. The SMILES string of the molecule is COC(=O)CCC(=O)OC[C@]1(C)CCC[C@@]2(C)[C@@H]3CC[C@]4(C)C=C[C@@]3(CC[C@@H]12)C4. The van der Waals surface area contributed by atoms with Gasteiger partial charge < -0.3 is 9.47 Å². The van der Waals surface area contributed by atoms with Crippen molar-refractivity contribution in [2.45, 2.75) is 85.0 Å². The van der Waals surface area contributed by atoms with Crippen LogP contribution in [-0.2, 0) is 19.1 Å². The Morgan fingerprint density at radius 2 is 1.66 bits per heavy atom. The number of fused-ring (bicyclic) bond motifs is 3. The van der Waals surface area contributed by atoms with Crippen molar-refractivity contribution in [1.82, 2.24) is 0 Å². The largest absolute Gasteiger partial charge is 0.469 e. The molecule has 0 aliphatic heterocycles. The van der Waals surface area contributed by atoms with Crippen LogP contribution in [0.25, 0.3) is 0 Å². The first-order chi connectivity index (χ1) is 13.6. The summed E-state index contributed by atoms with van der Waals surface area (Å²) in [4.78, 5) is 23.5. The van der Waals surface area contributed by atoms with Gasteiger partial charge in [0.05, 0.1) is 26.6 Å². The van der Waals surface area contributed by atoms with E-state index < -0.39 is 0 Å². The molecule has 162 valence electrons. The van der Waals surface area contributed by atoms with Crippen LogP contribution in [0.5, 0.6) is 0 Å². The third kappa shape index (κ3) is 3.45. The Morgan fingerprint density at radius 1 is 0.931 bits per heavy atom. The quantitative estimate of drug-likeness (QED) is 0.453. The minimum atomic E-state index is -0.357. The van der Waals surface area contributed by atoms with E-state index >= 15 is 0 Å². The van der Waals surface area contributed by atoms with Gasteiger partial charge in [-0.15, -0.1) is 0 Å². The summed E-state index contributed by atoms with van der Waals surface area (Å²) in [6, 6.07) is 0. The van der Waals surface area contributed by atoms with Crippen molar-refractivity contribution in [3.05, 3.63) is 12.2 Å². The summed E-state index contributed by atoms with van der Waals surface area (Å²) in [7, 11) is 1.35. The maximum atomic E-state index is 12.2. The van der Waals surface area contributed by atoms with Crippen LogP contribution in [0.2, 0.25) is 0 Å². The molecule has 4 aliphatic carbocycles. The molecule has 29 heavy (non-hydrogen) atoms. The predicted octanol–water partition coefficient (Wildman–Crippen LogP) is 5.45. The van der Waals surface area contributed by atoms with E-state index in [2.05, 4.69) is 37.7 Å². The highest BCUT2D eigenvalue weighted by Crippen LogP contribution is 2.71. The number of esters is 2. The Bertz CT molecular complexity index is 714. The topological polar surface area (TPSA) is 52.6 Å².